The maximum atomic E-state index is 11.8. The van der Waals surface area contributed by atoms with Crippen LogP contribution in [0.25, 0.3) is 0 Å². The molecule has 1 aliphatic rings. The average molecular weight is 284 g/mol. The van der Waals surface area contributed by atoms with Gasteiger partial charge >= 0.3 is 0 Å². The van der Waals surface area contributed by atoms with E-state index in [1.54, 1.807) is 6.08 Å². The predicted molar refractivity (Wildman–Crippen MR) is 79.5 cm³/mol. The van der Waals surface area contributed by atoms with Crippen LogP contribution in [0, 0.1) is 5.41 Å². The molecule has 1 heterocycles. The molecule has 1 unspecified atom stereocenters. The summed E-state index contributed by atoms with van der Waals surface area (Å²) in [5, 5.41) is 12.7. The number of amides is 1. The normalized spacial score (nSPS) is 19.8. The molecule has 1 amide bonds. The lowest BCUT2D eigenvalue weighted by Gasteiger charge is -2.28. The van der Waals surface area contributed by atoms with Crippen molar-refractivity contribution in [2.24, 2.45) is 5.41 Å². The molecular formula is C15H28N2O3. The van der Waals surface area contributed by atoms with Crippen LogP contribution in [0.3, 0.4) is 0 Å². The first kappa shape index (κ1) is 17.1. The monoisotopic (exact) mass is 284 g/mol. The van der Waals surface area contributed by atoms with Crippen molar-refractivity contribution >= 4 is 5.91 Å². The van der Waals surface area contributed by atoms with Crippen LogP contribution in [0.5, 0.6) is 0 Å². The second kappa shape index (κ2) is 7.76. The molecule has 1 saturated heterocycles. The summed E-state index contributed by atoms with van der Waals surface area (Å²) in [4.78, 5) is 13.9. The van der Waals surface area contributed by atoms with Crippen LogP contribution in [0.1, 0.15) is 27.7 Å². The van der Waals surface area contributed by atoms with E-state index in [2.05, 4.69) is 31.0 Å². The molecular weight excluding hydrogens is 256 g/mol. The van der Waals surface area contributed by atoms with Crippen molar-refractivity contribution in [2.75, 3.05) is 39.4 Å². The number of allylic oxidation sites excluding steroid dienone is 1. The van der Waals surface area contributed by atoms with Gasteiger partial charge in [0.2, 0.25) is 5.91 Å². The molecule has 2 N–H and O–H groups in total. The Kier molecular flexibility index (Phi) is 6.65. The second-order valence-electron chi connectivity index (χ2n) is 6.39. The molecule has 0 spiro atoms. The molecule has 1 aliphatic heterocycles. The van der Waals surface area contributed by atoms with Crippen LogP contribution in [0.2, 0.25) is 0 Å². The first-order chi connectivity index (χ1) is 9.29. The van der Waals surface area contributed by atoms with Gasteiger partial charge in [-0.05, 0) is 12.3 Å². The van der Waals surface area contributed by atoms with Gasteiger partial charge in [0, 0.05) is 32.3 Å². The van der Waals surface area contributed by atoms with Gasteiger partial charge < -0.3 is 15.2 Å². The fourth-order valence-corrected chi connectivity index (χ4v) is 1.83. The molecule has 0 aromatic rings. The number of morpholine rings is 1. The highest BCUT2D eigenvalue weighted by Gasteiger charge is 2.16. The molecule has 1 atom stereocenters. The highest BCUT2D eigenvalue weighted by molar-refractivity contribution is 5.88. The second-order valence-corrected chi connectivity index (χ2v) is 6.39. The topological polar surface area (TPSA) is 61.8 Å². The maximum absolute atomic E-state index is 11.8. The number of ether oxygens (including phenoxy) is 1. The molecule has 0 saturated carbocycles. The van der Waals surface area contributed by atoms with E-state index in [-0.39, 0.29) is 17.9 Å². The highest BCUT2D eigenvalue weighted by Crippen LogP contribution is 2.23. The number of carbonyl (C=O) groups excluding carboxylic acids is 1. The third kappa shape index (κ3) is 6.50. The van der Waals surface area contributed by atoms with Crippen LogP contribution < -0.4 is 5.32 Å². The molecule has 0 aromatic heterocycles. The number of nitrogens with zero attached hydrogens (tertiary/aromatic N) is 1. The number of β-amino-alcohol motifs (C(OH)–C–C–N with tert-alkyl or cyclic N) is 1. The summed E-state index contributed by atoms with van der Waals surface area (Å²) in [5.41, 5.74) is 1.02. The zero-order valence-corrected chi connectivity index (χ0v) is 13.1. The molecule has 0 aliphatic carbocycles. The van der Waals surface area contributed by atoms with Crippen LogP contribution >= 0.6 is 0 Å². The van der Waals surface area contributed by atoms with Gasteiger partial charge in [-0.1, -0.05) is 26.3 Å². The summed E-state index contributed by atoms with van der Waals surface area (Å²) in [7, 11) is 0. The molecule has 0 bridgehead atoms. The minimum atomic E-state index is -0.541. The minimum Gasteiger partial charge on any atom is -0.390 e. The number of carbonyl (C=O) groups is 1. The Hall–Kier alpha value is -0.910. The summed E-state index contributed by atoms with van der Waals surface area (Å²) in [5.74, 6) is -0.140. The first-order valence-electron chi connectivity index (χ1n) is 7.24. The maximum Gasteiger partial charge on any atom is 0.244 e. The smallest absolute Gasteiger partial charge is 0.244 e. The Morgan fingerprint density at radius 2 is 2.00 bits per heavy atom. The summed E-state index contributed by atoms with van der Waals surface area (Å²) in [6.45, 7) is 12.1. The molecule has 0 aromatic carbocycles. The summed E-state index contributed by atoms with van der Waals surface area (Å²) < 4.78 is 5.25. The van der Waals surface area contributed by atoms with Crippen molar-refractivity contribution in [3.05, 3.63) is 11.6 Å². The van der Waals surface area contributed by atoms with E-state index in [1.807, 2.05) is 6.92 Å². The molecule has 1 rings (SSSR count). The molecule has 20 heavy (non-hydrogen) atoms. The molecule has 1 fully saturated rings. The van der Waals surface area contributed by atoms with E-state index in [0.717, 1.165) is 18.7 Å². The summed E-state index contributed by atoms with van der Waals surface area (Å²) in [6, 6.07) is 0. The van der Waals surface area contributed by atoms with Gasteiger partial charge in [0.25, 0.3) is 0 Å². The van der Waals surface area contributed by atoms with Gasteiger partial charge in [-0.3, -0.25) is 9.69 Å². The lowest BCUT2D eigenvalue weighted by Crippen LogP contribution is -2.44. The van der Waals surface area contributed by atoms with Gasteiger partial charge in [-0.2, -0.15) is 0 Å². The highest BCUT2D eigenvalue weighted by atomic mass is 16.5. The first-order valence-corrected chi connectivity index (χ1v) is 7.24. The van der Waals surface area contributed by atoms with Crippen molar-refractivity contribution in [2.45, 2.75) is 33.8 Å². The van der Waals surface area contributed by atoms with E-state index in [0.29, 0.717) is 19.8 Å². The number of aliphatic hydroxyl groups excluding tert-OH is 1. The zero-order valence-electron chi connectivity index (χ0n) is 13.1. The number of hydrogen-bond acceptors (Lipinski definition) is 4. The molecule has 0 radical (unpaired) electrons. The van der Waals surface area contributed by atoms with Crippen LogP contribution in [-0.2, 0) is 9.53 Å². The molecule has 116 valence electrons. The summed E-state index contributed by atoms with van der Waals surface area (Å²) >= 11 is 0. The van der Waals surface area contributed by atoms with Crippen LogP contribution in [0.4, 0.5) is 0 Å². The Morgan fingerprint density at radius 3 is 2.55 bits per heavy atom. The lowest BCUT2D eigenvalue weighted by atomic mass is 9.87. The van der Waals surface area contributed by atoms with Gasteiger partial charge in [0.1, 0.15) is 0 Å². The average Bonchev–Trinajstić information content (AvgIpc) is 2.36. The van der Waals surface area contributed by atoms with Gasteiger partial charge in [0.05, 0.1) is 19.3 Å². The van der Waals surface area contributed by atoms with E-state index in [4.69, 9.17) is 4.74 Å². The number of aliphatic hydroxyl groups is 1. The fourth-order valence-electron chi connectivity index (χ4n) is 1.83. The number of nitrogens with one attached hydrogen (secondary N) is 1. The zero-order chi connectivity index (χ0) is 15.2. The third-order valence-corrected chi connectivity index (χ3v) is 3.62. The van der Waals surface area contributed by atoms with Crippen molar-refractivity contribution < 1.29 is 14.6 Å². The van der Waals surface area contributed by atoms with E-state index in [9.17, 15) is 9.90 Å². The predicted octanol–water partition coefficient (Wildman–Crippen LogP) is 0.788. The fraction of sp³-hybridized carbons (Fsp3) is 0.800. The Labute approximate surface area is 122 Å². The minimum absolute atomic E-state index is 0.0102. The Balaban J connectivity index is 2.29. The summed E-state index contributed by atoms with van der Waals surface area (Å²) in [6.07, 6.45) is 1.07. The van der Waals surface area contributed by atoms with Gasteiger partial charge in [-0.25, -0.2) is 0 Å². The largest absolute Gasteiger partial charge is 0.390 e. The van der Waals surface area contributed by atoms with Crippen molar-refractivity contribution in [3.8, 4) is 0 Å². The van der Waals surface area contributed by atoms with Crippen LogP contribution in [-0.4, -0.2) is 61.4 Å². The SMILES string of the molecule is C/C(=C\C(=O)NCC(O)CN1CCOCC1)C(C)(C)C. The van der Waals surface area contributed by atoms with Crippen molar-refractivity contribution in [1.29, 1.82) is 0 Å². The Morgan fingerprint density at radius 1 is 1.40 bits per heavy atom. The van der Waals surface area contributed by atoms with E-state index < -0.39 is 6.10 Å². The Bertz CT molecular complexity index is 342. The van der Waals surface area contributed by atoms with E-state index >= 15 is 0 Å². The lowest BCUT2D eigenvalue weighted by molar-refractivity contribution is -0.117. The number of hydrogen-bond donors (Lipinski definition) is 2. The molecule has 5 heteroatoms. The van der Waals surface area contributed by atoms with E-state index in [1.165, 1.54) is 0 Å². The van der Waals surface area contributed by atoms with Gasteiger partial charge in [0.15, 0.2) is 0 Å². The standard InChI is InChI=1S/C15H28N2O3/c1-12(15(2,3)4)9-14(19)16-10-13(18)11-17-5-7-20-8-6-17/h9,13,18H,5-8,10-11H2,1-4H3,(H,16,19)/b12-9+. The molecule has 5 nitrogen and oxygen atoms in total. The quantitative estimate of drug-likeness (QED) is 0.733. The third-order valence-electron chi connectivity index (χ3n) is 3.62. The van der Waals surface area contributed by atoms with Gasteiger partial charge in [-0.15, -0.1) is 0 Å². The van der Waals surface area contributed by atoms with Crippen molar-refractivity contribution in [1.82, 2.24) is 10.2 Å². The van der Waals surface area contributed by atoms with Crippen LogP contribution in [0.15, 0.2) is 11.6 Å². The number of rotatable bonds is 5. The van der Waals surface area contributed by atoms with Crippen molar-refractivity contribution in [3.63, 3.8) is 0 Å².